The van der Waals surface area contributed by atoms with Gasteiger partial charge in [0.05, 0.1) is 4.88 Å². The van der Waals surface area contributed by atoms with Crippen molar-refractivity contribution in [1.82, 2.24) is 4.58 Å². The summed E-state index contributed by atoms with van der Waals surface area (Å²) in [6.07, 6.45) is 2.54. The Hall–Kier alpha value is -1.26. The predicted octanol–water partition coefficient (Wildman–Crippen LogP) is 2.61. The van der Waals surface area contributed by atoms with Crippen LogP contribution in [0.4, 0.5) is 0 Å². The lowest BCUT2D eigenvalue weighted by atomic mass is 10.1. The highest BCUT2D eigenvalue weighted by atomic mass is 32.2. The molecule has 0 N–H and O–H groups in total. The van der Waals surface area contributed by atoms with Gasteiger partial charge in [0.15, 0.2) is 0 Å². The second-order valence-corrected chi connectivity index (χ2v) is 6.50. The Labute approximate surface area is 114 Å². The highest BCUT2D eigenvalue weighted by molar-refractivity contribution is 7.27. The van der Waals surface area contributed by atoms with E-state index in [0.29, 0.717) is 0 Å². The van der Waals surface area contributed by atoms with Gasteiger partial charge in [-0.3, -0.25) is 4.79 Å². The maximum Gasteiger partial charge on any atom is 0.314 e. The van der Waals surface area contributed by atoms with Gasteiger partial charge in [-0.15, -0.1) is 0 Å². The summed E-state index contributed by atoms with van der Waals surface area (Å²) in [6.45, 7) is 2.27. The van der Waals surface area contributed by atoms with Gasteiger partial charge in [-0.25, -0.2) is 4.58 Å². The normalized spacial score (nSPS) is 15.0. The molecular weight excluding hydrogens is 262 g/mol. The number of rotatable bonds is 2. The second-order valence-electron chi connectivity index (χ2n) is 4.36. The Bertz CT molecular complexity index is 616. The Morgan fingerprint density at radius 1 is 1.11 bits per heavy atom. The third-order valence-electron chi connectivity index (χ3n) is 3.09. The Balaban J connectivity index is 1.95. The van der Waals surface area contributed by atoms with Gasteiger partial charge in [-0.2, -0.15) is 0 Å². The smallest absolute Gasteiger partial charge is 0.288 e. The van der Waals surface area contributed by atoms with Crippen LogP contribution in [0.1, 0.15) is 28.1 Å². The summed E-state index contributed by atoms with van der Waals surface area (Å²) in [5.41, 5.74) is 0.777. The lowest BCUT2D eigenvalue weighted by molar-refractivity contribution is 0.104. The molecular formula is C14H14NOS2+. The van der Waals surface area contributed by atoms with E-state index in [1.807, 2.05) is 35.7 Å². The van der Waals surface area contributed by atoms with Crippen LogP contribution in [0.3, 0.4) is 0 Å². The molecule has 1 aliphatic rings. The van der Waals surface area contributed by atoms with Gasteiger partial charge in [0.1, 0.15) is 13.1 Å². The highest BCUT2D eigenvalue weighted by Gasteiger charge is 2.17. The van der Waals surface area contributed by atoms with Crippen molar-refractivity contribution in [2.75, 3.05) is 13.1 Å². The lowest BCUT2D eigenvalue weighted by Gasteiger charge is -1.95. The number of benzene rings is 1. The molecule has 0 amide bonds. The molecule has 92 valence electrons. The van der Waals surface area contributed by atoms with E-state index in [4.69, 9.17) is 0 Å². The van der Waals surface area contributed by atoms with Gasteiger partial charge >= 0.3 is 3.98 Å². The van der Waals surface area contributed by atoms with Gasteiger partial charge in [0.2, 0.25) is 5.78 Å². The first-order valence-corrected chi connectivity index (χ1v) is 7.80. The number of carbonyl (C=O) groups excluding carboxylic acids is 1. The van der Waals surface area contributed by atoms with Crippen LogP contribution in [0, 0.1) is 0 Å². The van der Waals surface area contributed by atoms with Crippen LogP contribution in [0.15, 0.2) is 35.7 Å². The summed E-state index contributed by atoms with van der Waals surface area (Å²) in [5, 5.41) is 1.99. The van der Waals surface area contributed by atoms with Crippen LogP contribution in [-0.4, -0.2) is 18.9 Å². The molecule has 18 heavy (non-hydrogen) atoms. The van der Waals surface area contributed by atoms with Gasteiger partial charge < -0.3 is 0 Å². The lowest BCUT2D eigenvalue weighted by Crippen LogP contribution is -2.21. The standard InChI is InChI=1S/C14H14NOS2/c16-13(11-6-2-1-3-7-11)12-10-17-14(18-12)15-8-4-5-9-15/h1-3,6-7,10H,4-5,8-9H2/q+1. The van der Waals surface area contributed by atoms with Crippen LogP contribution in [0.2, 0.25) is 0 Å². The number of hydrogen-bond donors (Lipinski definition) is 0. The molecule has 0 radical (unpaired) electrons. The first kappa shape index (κ1) is 11.8. The van der Waals surface area contributed by atoms with Crippen LogP contribution >= 0.6 is 22.7 Å². The molecule has 2 aromatic rings. The molecule has 1 saturated heterocycles. The van der Waals surface area contributed by atoms with Crippen LogP contribution in [0.25, 0.3) is 0 Å². The zero-order valence-electron chi connectivity index (χ0n) is 9.96. The molecule has 0 spiro atoms. The molecule has 2 nitrogen and oxygen atoms in total. The van der Waals surface area contributed by atoms with Crippen molar-refractivity contribution in [2.24, 2.45) is 0 Å². The summed E-state index contributed by atoms with van der Waals surface area (Å²) < 4.78 is 3.66. The fourth-order valence-electron chi connectivity index (χ4n) is 2.12. The molecule has 3 rings (SSSR count). The minimum atomic E-state index is 0.141. The van der Waals surface area contributed by atoms with Crippen LogP contribution < -0.4 is 8.56 Å². The minimum absolute atomic E-state index is 0.141. The van der Waals surface area contributed by atoms with E-state index >= 15 is 0 Å². The molecule has 0 bridgehead atoms. The van der Waals surface area contributed by atoms with E-state index in [2.05, 4.69) is 4.58 Å². The molecule has 0 saturated carbocycles. The molecule has 0 aliphatic carbocycles. The maximum absolute atomic E-state index is 12.3. The van der Waals surface area contributed by atoms with Gasteiger partial charge in [0, 0.05) is 23.8 Å². The monoisotopic (exact) mass is 276 g/mol. The van der Waals surface area contributed by atoms with Crippen molar-refractivity contribution in [3.05, 3.63) is 50.1 Å². The zero-order valence-corrected chi connectivity index (χ0v) is 11.6. The SMILES string of the molecule is O=C(c1ccccc1)c1csc(=[N+]2CCCC2)s1. The van der Waals surface area contributed by atoms with Crippen molar-refractivity contribution in [3.8, 4) is 0 Å². The van der Waals surface area contributed by atoms with Crippen molar-refractivity contribution in [1.29, 1.82) is 0 Å². The number of carbonyl (C=O) groups is 1. The van der Waals surface area contributed by atoms with Crippen molar-refractivity contribution in [2.45, 2.75) is 12.8 Å². The van der Waals surface area contributed by atoms with Gasteiger partial charge in [-0.1, -0.05) is 53.0 Å². The maximum atomic E-state index is 12.3. The highest BCUT2D eigenvalue weighted by Crippen LogP contribution is 2.14. The summed E-state index contributed by atoms with van der Waals surface area (Å²) in [7, 11) is 0. The molecule has 0 atom stereocenters. The Kier molecular flexibility index (Phi) is 3.39. The Morgan fingerprint density at radius 3 is 2.56 bits per heavy atom. The largest absolute Gasteiger partial charge is 0.314 e. The average Bonchev–Trinajstić information content (AvgIpc) is 3.09. The molecule has 1 aromatic heterocycles. The van der Waals surface area contributed by atoms with Crippen molar-refractivity contribution < 1.29 is 4.79 Å². The third-order valence-corrected chi connectivity index (χ3v) is 5.55. The summed E-state index contributed by atoms with van der Waals surface area (Å²) >= 11 is 3.32. The van der Waals surface area contributed by atoms with Crippen molar-refractivity contribution >= 4 is 28.5 Å². The van der Waals surface area contributed by atoms with E-state index in [-0.39, 0.29) is 5.78 Å². The van der Waals surface area contributed by atoms with E-state index in [1.54, 1.807) is 22.7 Å². The summed E-state index contributed by atoms with van der Waals surface area (Å²) in [5.74, 6) is 0.141. The third kappa shape index (κ3) is 2.31. The van der Waals surface area contributed by atoms with Gasteiger partial charge in [0.25, 0.3) is 0 Å². The number of ketones is 1. The minimum Gasteiger partial charge on any atom is -0.288 e. The first-order chi connectivity index (χ1) is 8.84. The van der Waals surface area contributed by atoms with E-state index in [9.17, 15) is 4.79 Å². The number of hydrogen-bond acceptors (Lipinski definition) is 3. The quantitative estimate of drug-likeness (QED) is 0.610. The molecule has 1 fully saturated rings. The van der Waals surface area contributed by atoms with Crippen LogP contribution in [-0.2, 0) is 0 Å². The predicted molar refractivity (Wildman–Crippen MR) is 76.3 cm³/mol. The molecule has 4 heteroatoms. The molecule has 1 aromatic carbocycles. The van der Waals surface area contributed by atoms with E-state index in [0.717, 1.165) is 23.5 Å². The molecule has 2 heterocycles. The second kappa shape index (κ2) is 5.16. The molecule has 1 aliphatic heterocycles. The topological polar surface area (TPSA) is 20.1 Å². The Morgan fingerprint density at radius 2 is 1.83 bits per heavy atom. The number of nitrogens with zero attached hydrogens (tertiary/aromatic N) is 1. The fourth-order valence-corrected chi connectivity index (χ4v) is 4.42. The van der Waals surface area contributed by atoms with Crippen molar-refractivity contribution in [3.63, 3.8) is 0 Å². The molecule has 0 unspecified atom stereocenters. The average molecular weight is 276 g/mol. The zero-order chi connectivity index (χ0) is 12.4. The van der Waals surface area contributed by atoms with E-state index < -0.39 is 0 Å². The first-order valence-electron chi connectivity index (χ1n) is 6.11. The summed E-state index contributed by atoms with van der Waals surface area (Å²) in [4.78, 5) is 13.1. The van der Waals surface area contributed by atoms with Gasteiger partial charge in [-0.05, 0) is 0 Å². The summed E-state index contributed by atoms with van der Waals surface area (Å²) in [6, 6.07) is 9.51. The van der Waals surface area contributed by atoms with Crippen LogP contribution in [0.5, 0.6) is 0 Å². The van der Waals surface area contributed by atoms with E-state index in [1.165, 1.54) is 16.8 Å². The fraction of sp³-hybridized carbons (Fsp3) is 0.286.